The SMILES string of the molecule is CC1(C)CCC(C)(C)C2CC3=C(C=C21)N(C1=C(C2=CCCC=C2)C[C@@H](C(C)(C)C)C=C1)c1cc(C(C)(C)C)cc2c1CB3c1oc3cc4c(cc3c1N2c1cc2c(cc1-c1ccccc1)C(C)(C)CCC2(C)C)C1(C)CCC4(C)C1. The summed E-state index contributed by atoms with van der Waals surface area (Å²) in [5.41, 5.74) is 28.2. The highest BCUT2D eigenvalue weighted by Gasteiger charge is 2.55. The lowest BCUT2D eigenvalue weighted by Gasteiger charge is -2.51. The van der Waals surface area contributed by atoms with Crippen LogP contribution in [0, 0.1) is 28.1 Å². The van der Waals surface area contributed by atoms with E-state index in [2.05, 4.69) is 224 Å². The van der Waals surface area contributed by atoms with Gasteiger partial charge < -0.3 is 14.2 Å². The van der Waals surface area contributed by atoms with E-state index in [4.69, 9.17) is 4.42 Å². The first-order chi connectivity index (χ1) is 37.6. The minimum atomic E-state index is -0.162. The van der Waals surface area contributed by atoms with Crippen LogP contribution >= 0.6 is 0 Å². The molecule has 4 bridgehead atoms. The van der Waals surface area contributed by atoms with Gasteiger partial charge in [-0.25, -0.2) is 0 Å². The van der Waals surface area contributed by atoms with Crippen molar-refractivity contribution >= 4 is 46.1 Å². The fourth-order valence-corrected chi connectivity index (χ4v) is 17.6. The molecule has 0 N–H and O–H groups in total. The van der Waals surface area contributed by atoms with Crippen molar-refractivity contribution < 1.29 is 4.42 Å². The first-order valence-electron chi connectivity index (χ1n) is 31.4. The van der Waals surface area contributed by atoms with Gasteiger partial charge in [0.2, 0.25) is 0 Å². The Morgan fingerprint density at radius 3 is 1.95 bits per heavy atom. The number of allylic oxidation sites excluding steroid dienone is 10. The Bertz CT molecular complexity index is 3690. The third-order valence-electron chi connectivity index (χ3n) is 23.0. The number of benzene rings is 4. The summed E-state index contributed by atoms with van der Waals surface area (Å²) < 4.78 is 8.05. The van der Waals surface area contributed by atoms with Crippen molar-refractivity contribution in [2.45, 2.75) is 215 Å². The molecule has 0 saturated heterocycles. The Labute approximate surface area is 481 Å². The summed E-state index contributed by atoms with van der Waals surface area (Å²) in [6, 6.07) is 27.3. The first kappa shape index (κ1) is 52.6. The molecule has 0 spiro atoms. The molecule has 2 saturated carbocycles. The van der Waals surface area contributed by atoms with E-state index in [9.17, 15) is 0 Å². The van der Waals surface area contributed by atoms with E-state index < -0.39 is 0 Å². The number of hydrogen-bond acceptors (Lipinski definition) is 3. The van der Waals surface area contributed by atoms with Crippen LogP contribution < -0.4 is 15.5 Å². The van der Waals surface area contributed by atoms with Crippen LogP contribution in [0.2, 0.25) is 0 Å². The van der Waals surface area contributed by atoms with E-state index >= 15 is 0 Å². The van der Waals surface area contributed by atoms with E-state index in [0.717, 1.165) is 49.7 Å². The molecule has 4 aromatic carbocycles. The lowest BCUT2D eigenvalue weighted by molar-refractivity contribution is 0.122. The lowest BCUT2D eigenvalue weighted by atomic mass is 9.36. The first-order valence-corrected chi connectivity index (χ1v) is 31.4. The van der Waals surface area contributed by atoms with Crippen LogP contribution in [-0.2, 0) is 33.4 Å². The minimum Gasteiger partial charge on any atom is -0.469 e. The van der Waals surface area contributed by atoms with Gasteiger partial charge in [0, 0.05) is 22.3 Å². The smallest absolute Gasteiger partial charge is 0.260 e. The topological polar surface area (TPSA) is 19.6 Å². The Morgan fingerprint density at radius 2 is 1.29 bits per heavy atom. The quantitative estimate of drug-likeness (QED) is 0.167. The lowest BCUT2D eigenvalue weighted by Crippen LogP contribution is -2.45. The predicted octanol–water partition coefficient (Wildman–Crippen LogP) is 20.3. The maximum Gasteiger partial charge on any atom is 0.260 e. The van der Waals surface area contributed by atoms with Gasteiger partial charge in [-0.05, 0) is 231 Å². The second-order valence-electron chi connectivity index (χ2n) is 32.4. The zero-order valence-electron chi connectivity index (χ0n) is 51.8. The van der Waals surface area contributed by atoms with E-state index in [1.807, 2.05) is 0 Å². The van der Waals surface area contributed by atoms with Crippen molar-refractivity contribution in [2.24, 2.45) is 28.1 Å². The molecule has 2 fully saturated rings. The number of hydrogen-bond donors (Lipinski definition) is 0. The second kappa shape index (κ2) is 17.1. The van der Waals surface area contributed by atoms with Crippen LogP contribution in [0.15, 0.2) is 141 Å². The number of furan rings is 1. The highest BCUT2D eigenvalue weighted by Crippen LogP contribution is 2.64. The third-order valence-corrected chi connectivity index (χ3v) is 23.0. The summed E-state index contributed by atoms with van der Waals surface area (Å²) in [6.07, 6.45) is 29.0. The second-order valence-corrected chi connectivity index (χ2v) is 32.4. The van der Waals surface area contributed by atoms with Crippen LogP contribution in [0.4, 0.5) is 22.7 Å². The van der Waals surface area contributed by atoms with E-state index in [-0.39, 0.29) is 50.0 Å². The Balaban J connectivity index is 1.17. The van der Waals surface area contributed by atoms with Crippen LogP contribution in [0.1, 0.15) is 215 Å². The predicted molar refractivity (Wildman–Crippen MR) is 341 cm³/mol. The molecule has 4 heteroatoms. The molecule has 9 aliphatic rings. The Kier molecular flexibility index (Phi) is 11.2. The molecule has 3 unspecified atom stereocenters. The van der Waals surface area contributed by atoms with Crippen molar-refractivity contribution in [3.63, 3.8) is 0 Å². The molecular formula is C76H91BN2O. The monoisotopic (exact) mass is 1060 g/mol. The van der Waals surface area contributed by atoms with Gasteiger partial charge in [0.05, 0.1) is 28.4 Å². The average molecular weight is 1060 g/mol. The van der Waals surface area contributed by atoms with E-state index in [1.165, 1.54) is 128 Å². The molecule has 3 heterocycles. The summed E-state index contributed by atoms with van der Waals surface area (Å²) in [4.78, 5) is 5.70. The average Bonchev–Trinajstić information content (AvgIpc) is 4.10. The maximum atomic E-state index is 8.05. The summed E-state index contributed by atoms with van der Waals surface area (Å²) in [7, 11) is 0. The van der Waals surface area contributed by atoms with Crippen molar-refractivity contribution in [2.75, 3.05) is 9.80 Å². The van der Waals surface area contributed by atoms with Crippen molar-refractivity contribution in [3.05, 3.63) is 170 Å². The molecule has 1 aromatic heterocycles. The molecule has 14 rings (SSSR count). The number of fused-ring (bicyclic) bond motifs is 13. The van der Waals surface area contributed by atoms with Crippen molar-refractivity contribution in [3.8, 4) is 11.1 Å². The molecule has 2 aliphatic heterocycles. The Morgan fingerprint density at radius 1 is 0.625 bits per heavy atom. The minimum absolute atomic E-state index is 0.00609. The molecular weight excluding hydrogens is 968 g/mol. The summed E-state index contributed by atoms with van der Waals surface area (Å²) in [6.45, 7) is 40.1. The summed E-state index contributed by atoms with van der Waals surface area (Å²) in [5.74, 6) is 0.835. The summed E-state index contributed by atoms with van der Waals surface area (Å²) in [5, 5.41) is 1.28. The van der Waals surface area contributed by atoms with Gasteiger partial charge in [-0.15, -0.1) is 0 Å². The standard InChI is InChI=1S/C76H91BN2O/c1-69(2,3)48-27-28-61(50(35-48)46-23-19-17-20-24-46)78-62-36-49(70(4,5)6)37-63-53(62)44-77(60-40-55-57(42-65(60)78)74(13,14)32-30-72(55,9)10)68-67(52-39-58-59(43-66(52)80-68)76(16)34-33-75(58,15)45-76)79(63)64-41-56-54(71(7,8)29-31-73(56,11)12)38-51(64)47-25-21-18-22-26-47/h18-19,21-28,36-39,41-43,48,55H,17,20,29-35,40,44-45H2,1-16H3/t48-,55?,75?,76?/m0/s1. The summed E-state index contributed by atoms with van der Waals surface area (Å²) >= 11 is 0. The van der Waals surface area contributed by atoms with Crippen LogP contribution in [0.25, 0.3) is 22.1 Å². The van der Waals surface area contributed by atoms with Gasteiger partial charge >= 0.3 is 0 Å². The van der Waals surface area contributed by atoms with Gasteiger partial charge in [0.25, 0.3) is 6.71 Å². The fraction of sp³-hybridized carbons (Fsp3) is 0.500. The third kappa shape index (κ3) is 7.77. The zero-order chi connectivity index (χ0) is 56.2. The van der Waals surface area contributed by atoms with Gasteiger partial charge in [0.15, 0.2) is 0 Å². The van der Waals surface area contributed by atoms with Gasteiger partial charge in [0.1, 0.15) is 5.58 Å². The van der Waals surface area contributed by atoms with Gasteiger partial charge in [-0.3, -0.25) is 0 Å². The maximum absolute atomic E-state index is 8.05. The fourth-order valence-electron chi connectivity index (χ4n) is 17.6. The molecule has 4 atom stereocenters. The molecule has 5 aromatic rings. The number of rotatable bonds is 4. The van der Waals surface area contributed by atoms with Crippen LogP contribution in [-0.4, -0.2) is 6.71 Å². The normalized spacial score (nSPS) is 27.5. The van der Waals surface area contributed by atoms with E-state index in [0.29, 0.717) is 11.8 Å². The molecule has 80 heavy (non-hydrogen) atoms. The number of nitrogens with zero attached hydrogens (tertiary/aromatic N) is 2. The molecule has 3 nitrogen and oxygen atoms in total. The highest BCUT2D eigenvalue weighted by atomic mass is 16.3. The van der Waals surface area contributed by atoms with E-state index in [1.54, 1.807) is 16.6 Å². The highest BCUT2D eigenvalue weighted by molar-refractivity contribution is 6.80. The Hall–Kier alpha value is -5.48. The van der Waals surface area contributed by atoms with Gasteiger partial charge in [-0.2, -0.15) is 0 Å². The molecule has 7 aliphatic carbocycles. The van der Waals surface area contributed by atoms with Gasteiger partial charge in [-0.1, -0.05) is 176 Å². The molecule has 414 valence electrons. The van der Waals surface area contributed by atoms with Crippen molar-refractivity contribution in [1.82, 2.24) is 0 Å². The van der Waals surface area contributed by atoms with Crippen LogP contribution in [0.5, 0.6) is 0 Å². The van der Waals surface area contributed by atoms with Crippen molar-refractivity contribution in [1.29, 1.82) is 0 Å². The zero-order valence-corrected chi connectivity index (χ0v) is 51.8. The number of anilines is 4. The van der Waals surface area contributed by atoms with Crippen LogP contribution in [0.3, 0.4) is 0 Å². The molecule has 0 amide bonds. The largest absolute Gasteiger partial charge is 0.469 e. The molecule has 0 radical (unpaired) electrons.